The number of ether oxygens (including phenoxy) is 1. The molecule has 1 aromatic heterocycles. The van der Waals surface area contributed by atoms with Gasteiger partial charge < -0.3 is 14.6 Å². The maximum Gasteiger partial charge on any atom is 0.144 e. The van der Waals surface area contributed by atoms with E-state index < -0.39 is 0 Å². The summed E-state index contributed by atoms with van der Waals surface area (Å²) in [6.45, 7) is 2.47. The van der Waals surface area contributed by atoms with E-state index in [-0.39, 0.29) is 6.10 Å². The highest BCUT2D eigenvalue weighted by atomic mass is 79.9. The number of benzene rings is 1. The molecule has 6 heteroatoms. The number of likely N-dealkylation sites (N-methyl/N-ethyl adjacent to an activating group) is 1. The molecule has 1 aliphatic heterocycles. The Morgan fingerprint density at radius 3 is 2.86 bits per heavy atom. The standard InChI is InChI=1S/C15H16BrN3OS/c1-19-7-8-20-11(9-19)14-17-13(12(16)15(21)18-14)10-5-3-2-4-6-10/h2-6,11H,7-9H2,1H3,(H,17,18,21). The number of hydrogen-bond acceptors (Lipinski definition) is 4. The highest BCUT2D eigenvalue weighted by molar-refractivity contribution is 9.10. The van der Waals surface area contributed by atoms with Crippen molar-refractivity contribution in [2.24, 2.45) is 0 Å². The van der Waals surface area contributed by atoms with Crippen LogP contribution in [0.5, 0.6) is 0 Å². The Kier molecular flexibility index (Phi) is 4.49. The Labute approximate surface area is 137 Å². The average molecular weight is 366 g/mol. The van der Waals surface area contributed by atoms with E-state index in [4.69, 9.17) is 17.0 Å². The van der Waals surface area contributed by atoms with Gasteiger partial charge in [0.25, 0.3) is 0 Å². The van der Waals surface area contributed by atoms with Crippen LogP contribution in [-0.4, -0.2) is 41.6 Å². The molecule has 21 heavy (non-hydrogen) atoms. The van der Waals surface area contributed by atoms with Gasteiger partial charge in [-0.2, -0.15) is 0 Å². The summed E-state index contributed by atoms with van der Waals surface area (Å²) >= 11 is 8.92. The minimum absolute atomic E-state index is 0.0685. The number of morpholine rings is 1. The van der Waals surface area contributed by atoms with Gasteiger partial charge in [-0.1, -0.05) is 42.5 Å². The highest BCUT2D eigenvalue weighted by Gasteiger charge is 2.22. The summed E-state index contributed by atoms with van der Waals surface area (Å²) in [5.41, 5.74) is 2.02. The van der Waals surface area contributed by atoms with E-state index in [0.717, 1.165) is 34.6 Å². The third-order valence-corrected chi connectivity index (χ3v) is 4.85. The van der Waals surface area contributed by atoms with Crippen LogP contribution in [0.2, 0.25) is 0 Å². The lowest BCUT2D eigenvalue weighted by molar-refractivity contribution is -0.0255. The Morgan fingerprint density at radius 1 is 1.38 bits per heavy atom. The quantitative estimate of drug-likeness (QED) is 0.825. The third-order valence-electron chi connectivity index (χ3n) is 3.52. The van der Waals surface area contributed by atoms with Crippen molar-refractivity contribution in [1.82, 2.24) is 14.9 Å². The predicted octanol–water partition coefficient (Wildman–Crippen LogP) is 3.57. The van der Waals surface area contributed by atoms with Gasteiger partial charge in [0.05, 0.1) is 16.8 Å². The zero-order valence-electron chi connectivity index (χ0n) is 11.7. The van der Waals surface area contributed by atoms with E-state index in [1.54, 1.807) is 0 Å². The maximum atomic E-state index is 5.82. The van der Waals surface area contributed by atoms with E-state index in [0.29, 0.717) is 11.2 Å². The molecule has 0 saturated carbocycles. The van der Waals surface area contributed by atoms with Gasteiger partial charge in [0.1, 0.15) is 16.6 Å². The summed E-state index contributed by atoms with van der Waals surface area (Å²) in [4.78, 5) is 10.1. The van der Waals surface area contributed by atoms with Crippen molar-refractivity contribution in [3.8, 4) is 11.3 Å². The Bertz CT molecular complexity index is 689. The van der Waals surface area contributed by atoms with Crippen molar-refractivity contribution >= 4 is 28.1 Å². The number of nitrogens with one attached hydrogen (secondary N) is 1. The Balaban J connectivity index is 2.04. The first-order valence-electron chi connectivity index (χ1n) is 6.80. The maximum absolute atomic E-state index is 5.82. The van der Waals surface area contributed by atoms with Gasteiger partial charge in [0.2, 0.25) is 0 Å². The highest BCUT2D eigenvalue weighted by Crippen LogP contribution is 2.29. The first kappa shape index (κ1) is 14.8. The zero-order chi connectivity index (χ0) is 14.8. The topological polar surface area (TPSA) is 41.1 Å². The van der Waals surface area contributed by atoms with Crippen LogP contribution in [-0.2, 0) is 4.74 Å². The van der Waals surface area contributed by atoms with E-state index in [1.807, 2.05) is 30.3 Å². The molecule has 2 aromatic rings. The molecule has 1 aromatic carbocycles. The number of aromatic amines is 1. The summed E-state index contributed by atoms with van der Waals surface area (Å²) in [5, 5.41) is 0. The molecule has 4 nitrogen and oxygen atoms in total. The first-order valence-corrected chi connectivity index (χ1v) is 8.00. The van der Waals surface area contributed by atoms with E-state index in [9.17, 15) is 0 Å². The van der Waals surface area contributed by atoms with Gasteiger partial charge in [-0.3, -0.25) is 0 Å². The molecule has 1 atom stereocenters. The van der Waals surface area contributed by atoms with E-state index in [1.165, 1.54) is 0 Å². The SMILES string of the molecule is CN1CCOC(c2nc(=S)c(Br)c(-c3ccccc3)[nH]2)C1. The fourth-order valence-corrected chi connectivity index (χ4v) is 2.99. The molecule has 3 rings (SSSR count). The monoisotopic (exact) mass is 365 g/mol. The zero-order valence-corrected chi connectivity index (χ0v) is 14.1. The van der Waals surface area contributed by atoms with Crippen LogP contribution in [0.1, 0.15) is 11.9 Å². The molecule has 0 spiro atoms. The number of nitrogens with zero attached hydrogens (tertiary/aromatic N) is 2. The molecule has 1 N–H and O–H groups in total. The lowest BCUT2D eigenvalue weighted by Gasteiger charge is -2.29. The van der Waals surface area contributed by atoms with Gasteiger partial charge in [-0.25, -0.2) is 4.98 Å². The number of aromatic nitrogens is 2. The van der Waals surface area contributed by atoms with Crippen LogP contribution in [0.25, 0.3) is 11.3 Å². The Morgan fingerprint density at radius 2 is 2.14 bits per heavy atom. The van der Waals surface area contributed by atoms with Gasteiger partial charge in [0, 0.05) is 13.1 Å². The first-order chi connectivity index (χ1) is 10.1. The van der Waals surface area contributed by atoms with Crippen molar-refractivity contribution in [2.45, 2.75) is 6.10 Å². The smallest absolute Gasteiger partial charge is 0.144 e. The van der Waals surface area contributed by atoms with Gasteiger partial charge >= 0.3 is 0 Å². The van der Waals surface area contributed by atoms with Gasteiger partial charge in [-0.15, -0.1) is 0 Å². The molecule has 0 bridgehead atoms. The molecule has 0 aliphatic carbocycles. The van der Waals surface area contributed by atoms with Crippen molar-refractivity contribution in [3.05, 3.63) is 45.3 Å². The fourth-order valence-electron chi connectivity index (χ4n) is 2.38. The molecule has 1 aliphatic rings. The van der Waals surface area contributed by atoms with Gasteiger partial charge in [-0.05, 0) is 28.5 Å². The van der Waals surface area contributed by atoms with Crippen molar-refractivity contribution in [2.75, 3.05) is 26.7 Å². The molecule has 1 fully saturated rings. The predicted molar refractivity (Wildman–Crippen MR) is 88.7 cm³/mol. The van der Waals surface area contributed by atoms with Crippen molar-refractivity contribution in [3.63, 3.8) is 0 Å². The molecule has 1 saturated heterocycles. The largest absolute Gasteiger partial charge is 0.368 e. The van der Waals surface area contributed by atoms with Crippen LogP contribution >= 0.6 is 28.1 Å². The number of halogens is 1. The summed E-state index contributed by atoms with van der Waals surface area (Å²) < 4.78 is 7.19. The summed E-state index contributed by atoms with van der Waals surface area (Å²) in [7, 11) is 2.08. The normalized spacial score (nSPS) is 19.6. The second-order valence-electron chi connectivity index (χ2n) is 5.10. The summed E-state index contributed by atoms with van der Waals surface area (Å²) in [6, 6.07) is 10.1. The lowest BCUT2D eigenvalue weighted by atomic mass is 10.1. The van der Waals surface area contributed by atoms with Crippen molar-refractivity contribution < 1.29 is 4.74 Å². The van der Waals surface area contributed by atoms with Crippen LogP contribution in [0, 0.1) is 4.64 Å². The molecule has 2 heterocycles. The van der Waals surface area contributed by atoms with E-state index in [2.05, 4.69) is 37.8 Å². The molecular weight excluding hydrogens is 350 g/mol. The minimum Gasteiger partial charge on any atom is -0.368 e. The molecule has 0 radical (unpaired) electrons. The number of rotatable bonds is 2. The van der Waals surface area contributed by atoms with Crippen LogP contribution in [0.4, 0.5) is 0 Å². The van der Waals surface area contributed by atoms with Gasteiger partial charge in [0.15, 0.2) is 0 Å². The molecular formula is C15H16BrN3OS. The van der Waals surface area contributed by atoms with E-state index >= 15 is 0 Å². The van der Waals surface area contributed by atoms with Crippen LogP contribution in [0.15, 0.2) is 34.8 Å². The van der Waals surface area contributed by atoms with Crippen LogP contribution < -0.4 is 0 Å². The molecule has 110 valence electrons. The fraction of sp³-hybridized carbons (Fsp3) is 0.333. The minimum atomic E-state index is -0.0685. The number of H-pyrrole nitrogens is 1. The molecule has 1 unspecified atom stereocenters. The summed E-state index contributed by atoms with van der Waals surface area (Å²) in [6.07, 6.45) is -0.0685. The lowest BCUT2D eigenvalue weighted by Crippen LogP contribution is -2.36. The third kappa shape index (κ3) is 3.23. The molecule has 0 amide bonds. The second kappa shape index (κ2) is 6.36. The summed E-state index contributed by atoms with van der Waals surface area (Å²) in [5.74, 6) is 0.786. The Hall–Kier alpha value is -1.08. The average Bonchev–Trinajstić information content (AvgIpc) is 2.51. The second-order valence-corrected chi connectivity index (χ2v) is 6.28. The van der Waals surface area contributed by atoms with Crippen LogP contribution in [0.3, 0.4) is 0 Å². The number of hydrogen-bond donors (Lipinski definition) is 1. The van der Waals surface area contributed by atoms with Crippen molar-refractivity contribution in [1.29, 1.82) is 0 Å².